The highest BCUT2D eigenvalue weighted by Crippen LogP contribution is 2.32. The predicted octanol–water partition coefficient (Wildman–Crippen LogP) is 4.66. The number of carboxylic acids is 1. The minimum absolute atomic E-state index is 0.00294. The van der Waals surface area contributed by atoms with Crippen LogP contribution in [0.3, 0.4) is 0 Å². The fraction of sp³-hybridized carbons (Fsp3) is 0.233. The van der Waals surface area contributed by atoms with E-state index in [9.17, 15) is 18.8 Å². The summed E-state index contributed by atoms with van der Waals surface area (Å²) < 4.78 is 14.0. The molecule has 0 saturated carbocycles. The zero-order valence-corrected chi connectivity index (χ0v) is 24.0. The van der Waals surface area contributed by atoms with E-state index in [0.717, 1.165) is 12.7 Å². The first-order chi connectivity index (χ1) is 20.1. The molecule has 4 rings (SSSR count). The van der Waals surface area contributed by atoms with E-state index >= 15 is 0 Å². The van der Waals surface area contributed by atoms with Crippen molar-refractivity contribution in [3.8, 4) is 11.1 Å². The number of hydrogen-bond donors (Lipinski definition) is 5. The largest absolute Gasteiger partial charge is 0.478 e. The van der Waals surface area contributed by atoms with Crippen molar-refractivity contribution < 1.29 is 28.7 Å². The number of nitrogens with one attached hydrogen (secondary N) is 3. The molecule has 0 aromatic heterocycles. The lowest BCUT2D eigenvalue weighted by molar-refractivity contribution is -0.132. The molecule has 42 heavy (non-hydrogen) atoms. The number of rotatable bonds is 8. The molecule has 12 heteroatoms. The highest BCUT2D eigenvalue weighted by molar-refractivity contribution is 6.33. The van der Waals surface area contributed by atoms with Gasteiger partial charge in [0.25, 0.3) is 0 Å². The first-order valence-electron chi connectivity index (χ1n) is 12.9. The van der Waals surface area contributed by atoms with Crippen molar-refractivity contribution in [3.63, 3.8) is 0 Å². The van der Waals surface area contributed by atoms with Crippen LogP contribution in [-0.2, 0) is 14.4 Å². The van der Waals surface area contributed by atoms with E-state index in [1.807, 2.05) is 12.1 Å². The number of amides is 2. The molecule has 3 aromatic carbocycles. The SMILES string of the molecule is CC(=N)c1cc(C(=O)O)ccc1NCC(=O)N1CCCC1C=O.CNc1cccc(-c2ccccc2Cl)c1F.NC=O. The molecule has 3 aromatic rings. The van der Waals surface area contributed by atoms with E-state index in [2.05, 4.69) is 16.4 Å². The van der Waals surface area contributed by atoms with E-state index in [0.29, 0.717) is 46.1 Å². The van der Waals surface area contributed by atoms with Gasteiger partial charge in [-0.2, -0.15) is 0 Å². The average Bonchev–Trinajstić information content (AvgIpc) is 3.46. The number of carbonyl (C=O) groups excluding carboxylic acids is 3. The summed E-state index contributed by atoms with van der Waals surface area (Å²) in [7, 11) is 1.69. The van der Waals surface area contributed by atoms with E-state index < -0.39 is 5.97 Å². The highest BCUT2D eigenvalue weighted by Gasteiger charge is 2.28. The average molecular weight is 598 g/mol. The Labute approximate surface area is 248 Å². The van der Waals surface area contributed by atoms with E-state index in [4.69, 9.17) is 26.9 Å². The molecule has 6 N–H and O–H groups in total. The molecule has 1 saturated heterocycles. The van der Waals surface area contributed by atoms with Crippen molar-refractivity contribution >= 4 is 53.3 Å². The standard InChI is InChI=1S/C16H19N3O4.C13H11ClFN.CH3NO/c1-10(17)13-7-11(16(22)23)4-5-14(13)18-8-15(21)19-6-2-3-12(19)9-20;1-16-12-8-4-6-10(13(12)15)9-5-2-3-7-11(9)14;2-1-3/h4-5,7,9,12,17-18H,2-3,6,8H2,1H3,(H,22,23);2-8,16H,1H3;1H,(H2,2,3). The second-order valence-corrected chi connectivity index (χ2v) is 9.42. The van der Waals surface area contributed by atoms with Gasteiger partial charge in [0, 0.05) is 46.7 Å². The van der Waals surface area contributed by atoms with Gasteiger partial charge in [0.05, 0.1) is 23.8 Å². The summed E-state index contributed by atoms with van der Waals surface area (Å²) >= 11 is 6.04. The molecule has 0 bridgehead atoms. The lowest BCUT2D eigenvalue weighted by atomic mass is 10.0. The van der Waals surface area contributed by atoms with Gasteiger partial charge in [0.2, 0.25) is 12.3 Å². The summed E-state index contributed by atoms with van der Waals surface area (Å²) in [4.78, 5) is 44.3. The number of halogens is 2. The number of hydrogen-bond acceptors (Lipinski definition) is 7. The van der Waals surface area contributed by atoms with E-state index in [1.165, 1.54) is 12.1 Å². The van der Waals surface area contributed by atoms with Gasteiger partial charge in [0.15, 0.2) is 5.82 Å². The molecule has 0 radical (unpaired) electrons. The van der Waals surface area contributed by atoms with Crippen molar-refractivity contribution in [1.29, 1.82) is 5.41 Å². The summed E-state index contributed by atoms with van der Waals surface area (Å²) in [5.41, 5.74) is 7.11. The molecule has 1 unspecified atom stereocenters. The summed E-state index contributed by atoms with van der Waals surface area (Å²) in [5, 5.41) is 23.1. The number of nitrogens with two attached hydrogens (primary N) is 1. The predicted molar refractivity (Wildman–Crippen MR) is 162 cm³/mol. The van der Waals surface area contributed by atoms with Crippen LogP contribution in [0.5, 0.6) is 0 Å². The first-order valence-corrected chi connectivity index (χ1v) is 13.2. The second-order valence-electron chi connectivity index (χ2n) is 9.01. The van der Waals surface area contributed by atoms with Gasteiger partial charge in [-0.3, -0.25) is 9.59 Å². The number of carbonyl (C=O) groups is 4. The first kappa shape index (κ1) is 33.4. The Morgan fingerprint density at radius 1 is 1.12 bits per heavy atom. The van der Waals surface area contributed by atoms with Crippen molar-refractivity contribution in [2.75, 3.05) is 30.8 Å². The maximum atomic E-state index is 14.0. The third-order valence-corrected chi connectivity index (χ3v) is 6.64. The van der Waals surface area contributed by atoms with Crippen LogP contribution in [0.4, 0.5) is 15.8 Å². The number of anilines is 2. The Balaban J connectivity index is 0.000000282. The number of likely N-dealkylation sites (tertiary alicyclic amines) is 1. The van der Waals surface area contributed by atoms with Crippen LogP contribution in [-0.4, -0.2) is 66.5 Å². The molecule has 1 fully saturated rings. The summed E-state index contributed by atoms with van der Waals surface area (Å²) in [6.07, 6.45) is 2.54. The lowest BCUT2D eigenvalue weighted by Crippen LogP contribution is -2.39. The van der Waals surface area contributed by atoms with Gasteiger partial charge in [-0.25, -0.2) is 9.18 Å². The number of nitrogens with zero attached hydrogens (tertiary/aromatic N) is 1. The minimum atomic E-state index is -1.07. The third kappa shape index (κ3) is 8.87. The molecule has 1 heterocycles. The number of carboxylic acid groups (broad SMARTS) is 1. The Bertz CT molecular complexity index is 1430. The van der Waals surface area contributed by atoms with Gasteiger partial charge in [-0.1, -0.05) is 41.9 Å². The maximum Gasteiger partial charge on any atom is 0.335 e. The molecule has 1 aliphatic heterocycles. The zero-order valence-electron chi connectivity index (χ0n) is 23.2. The van der Waals surface area contributed by atoms with Crippen LogP contribution >= 0.6 is 11.6 Å². The summed E-state index contributed by atoms with van der Waals surface area (Å²) in [6, 6.07) is 16.4. The second kappa shape index (κ2) is 16.5. The van der Waals surface area contributed by atoms with E-state index in [1.54, 1.807) is 55.3 Å². The fourth-order valence-electron chi connectivity index (χ4n) is 4.27. The maximum absolute atomic E-state index is 14.0. The van der Waals surface area contributed by atoms with Crippen molar-refractivity contribution in [2.45, 2.75) is 25.8 Å². The molecule has 0 spiro atoms. The molecular weight excluding hydrogens is 565 g/mol. The molecule has 1 atom stereocenters. The van der Waals surface area contributed by atoms with E-state index in [-0.39, 0.29) is 42.0 Å². The molecule has 1 aliphatic rings. The fourth-order valence-corrected chi connectivity index (χ4v) is 4.51. The van der Waals surface area contributed by atoms with Crippen molar-refractivity contribution in [2.24, 2.45) is 5.73 Å². The molecule has 222 valence electrons. The summed E-state index contributed by atoms with van der Waals surface area (Å²) in [6.45, 7) is 2.12. The Hall–Kier alpha value is -4.77. The third-order valence-electron chi connectivity index (χ3n) is 6.31. The van der Waals surface area contributed by atoms with Crippen molar-refractivity contribution in [1.82, 2.24) is 4.90 Å². The normalized spacial score (nSPS) is 13.4. The quantitative estimate of drug-likeness (QED) is 0.186. The monoisotopic (exact) mass is 597 g/mol. The van der Waals surface area contributed by atoms with Gasteiger partial charge in [-0.05, 0) is 50.1 Å². The van der Waals surface area contributed by atoms with Crippen LogP contribution in [0.25, 0.3) is 11.1 Å². The highest BCUT2D eigenvalue weighted by atomic mass is 35.5. The minimum Gasteiger partial charge on any atom is -0.478 e. The van der Waals surface area contributed by atoms with Gasteiger partial charge >= 0.3 is 5.97 Å². The summed E-state index contributed by atoms with van der Waals surface area (Å²) in [5.74, 6) is -1.53. The van der Waals surface area contributed by atoms with Gasteiger partial charge < -0.3 is 36.6 Å². The molecule has 0 aliphatic carbocycles. The van der Waals surface area contributed by atoms with Crippen LogP contribution < -0.4 is 16.4 Å². The van der Waals surface area contributed by atoms with Crippen LogP contribution in [0.1, 0.15) is 35.7 Å². The topological polar surface area (TPSA) is 166 Å². The smallest absolute Gasteiger partial charge is 0.335 e. The lowest BCUT2D eigenvalue weighted by Gasteiger charge is -2.21. The molecule has 2 amide bonds. The number of primary amides is 1. The van der Waals surface area contributed by atoms with Gasteiger partial charge in [-0.15, -0.1) is 0 Å². The Kier molecular flexibility index (Phi) is 13.1. The number of aromatic carboxylic acids is 1. The zero-order chi connectivity index (χ0) is 31.2. The number of benzene rings is 3. The molecular formula is C30H33ClFN5O5. The van der Waals surface area contributed by atoms with Gasteiger partial charge in [0.1, 0.15) is 6.29 Å². The van der Waals surface area contributed by atoms with Crippen LogP contribution in [0, 0.1) is 11.2 Å². The van der Waals surface area contributed by atoms with Crippen LogP contribution in [0.15, 0.2) is 60.7 Å². The Morgan fingerprint density at radius 3 is 2.38 bits per heavy atom. The number of aldehydes is 1. The van der Waals surface area contributed by atoms with Crippen molar-refractivity contribution in [3.05, 3.63) is 82.6 Å². The van der Waals surface area contributed by atoms with Crippen LogP contribution in [0.2, 0.25) is 5.02 Å². The molecule has 10 nitrogen and oxygen atoms in total. The Morgan fingerprint density at radius 2 is 1.79 bits per heavy atom.